The van der Waals surface area contributed by atoms with E-state index in [0.717, 1.165) is 31.6 Å². The number of nitrogens with one attached hydrogen (secondary N) is 1. The lowest BCUT2D eigenvalue weighted by atomic mass is 9.71. The van der Waals surface area contributed by atoms with Gasteiger partial charge < -0.3 is 16.8 Å². The molecule has 0 atom stereocenters. The summed E-state index contributed by atoms with van der Waals surface area (Å²) in [5.74, 6) is 2.16. The number of rotatable bonds is 3. The van der Waals surface area contributed by atoms with Gasteiger partial charge in [0.05, 0.1) is 5.69 Å². The Balaban J connectivity index is 1.54. The maximum Gasteiger partial charge on any atom is 0.222 e. The van der Waals surface area contributed by atoms with Crippen molar-refractivity contribution >= 4 is 11.8 Å². The molecule has 1 spiro atoms. The highest BCUT2D eigenvalue weighted by Gasteiger charge is 2.41. The second-order valence-electron chi connectivity index (χ2n) is 8.26. The number of nitrogens with zero attached hydrogens (tertiary/aromatic N) is 2. The highest BCUT2D eigenvalue weighted by Crippen LogP contribution is 2.49. The van der Waals surface area contributed by atoms with Gasteiger partial charge in [-0.05, 0) is 63.7 Å². The molecule has 0 amide bonds. The van der Waals surface area contributed by atoms with E-state index in [2.05, 4.69) is 10.3 Å². The molecule has 0 aliphatic heterocycles. The van der Waals surface area contributed by atoms with E-state index in [4.69, 9.17) is 16.5 Å². The zero-order chi connectivity index (χ0) is 16.6. The summed E-state index contributed by atoms with van der Waals surface area (Å²) in [7, 11) is 0. The molecule has 2 saturated carbocycles. The Kier molecular flexibility index (Phi) is 4.37. The normalized spacial score (nSPS) is 28.7. The number of hydrogen-bond acceptors (Lipinski definition) is 5. The fourth-order valence-electron chi connectivity index (χ4n) is 5.22. The van der Waals surface area contributed by atoms with E-state index < -0.39 is 0 Å². The first-order valence-electron chi connectivity index (χ1n) is 9.83. The Morgan fingerprint density at radius 2 is 1.71 bits per heavy atom. The third-order valence-corrected chi connectivity index (χ3v) is 6.62. The summed E-state index contributed by atoms with van der Waals surface area (Å²) in [4.78, 5) is 9.30. The Hall–Kier alpha value is -1.36. The molecule has 24 heavy (non-hydrogen) atoms. The Morgan fingerprint density at radius 3 is 2.46 bits per heavy atom. The van der Waals surface area contributed by atoms with E-state index >= 15 is 0 Å². The second-order valence-corrected chi connectivity index (χ2v) is 8.26. The fraction of sp³-hybridized carbons (Fsp3) is 0.789. The standard InChI is InChI=1S/C19H31N5/c20-14-7-5-13(6-8-14)12-22-17-15-4-3-11-19(9-1-2-10-19)16(15)23-18(21)24-17/h13-14H,1-12,20H2,(H3,21,22,23,24)/t13-,14-. The molecule has 132 valence electrons. The van der Waals surface area contributed by atoms with Gasteiger partial charge in [-0.25, -0.2) is 4.98 Å². The molecule has 0 unspecified atom stereocenters. The molecule has 5 N–H and O–H groups in total. The summed E-state index contributed by atoms with van der Waals surface area (Å²) >= 11 is 0. The van der Waals surface area contributed by atoms with Gasteiger partial charge in [-0.15, -0.1) is 0 Å². The van der Waals surface area contributed by atoms with Crippen LogP contribution in [0.15, 0.2) is 0 Å². The minimum absolute atomic E-state index is 0.290. The number of hydrogen-bond donors (Lipinski definition) is 3. The van der Waals surface area contributed by atoms with Crippen LogP contribution in [-0.2, 0) is 11.8 Å². The molecular formula is C19H31N5. The minimum atomic E-state index is 0.290. The van der Waals surface area contributed by atoms with Crippen molar-refractivity contribution in [1.29, 1.82) is 0 Å². The smallest absolute Gasteiger partial charge is 0.222 e. The number of nitrogen functional groups attached to an aromatic ring is 1. The van der Waals surface area contributed by atoms with Crippen molar-refractivity contribution in [3.8, 4) is 0 Å². The fourth-order valence-corrected chi connectivity index (χ4v) is 5.22. The number of anilines is 2. The Labute approximate surface area is 145 Å². The number of aromatic nitrogens is 2. The lowest BCUT2D eigenvalue weighted by Crippen LogP contribution is -2.32. The van der Waals surface area contributed by atoms with Crippen LogP contribution in [0.25, 0.3) is 0 Å². The summed E-state index contributed by atoms with van der Waals surface area (Å²) in [6, 6.07) is 0.408. The first kappa shape index (κ1) is 16.1. The van der Waals surface area contributed by atoms with Crippen molar-refractivity contribution in [2.24, 2.45) is 11.7 Å². The maximum absolute atomic E-state index is 6.08. The molecule has 1 aromatic heterocycles. The average molecular weight is 329 g/mol. The van der Waals surface area contributed by atoms with Gasteiger partial charge in [-0.1, -0.05) is 12.8 Å². The quantitative estimate of drug-likeness (QED) is 0.792. The second kappa shape index (κ2) is 6.51. The molecule has 1 aromatic rings. The molecule has 0 bridgehead atoms. The van der Waals surface area contributed by atoms with E-state index in [9.17, 15) is 0 Å². The molecule has 3 aliphatic carbocycles. The van der Waals surface area contributed by atoms with Gasteiger partial charge in [0.1, 0.15) is 5.82 Å². The molecule has 0 saturated heterocycles. The van der Waals surface area contributed by atoms with Crippen LogP contribution in [0.1, 0.15) is 75.5 Å². The molecule has 4 rings (SSSR count). The Bertz CT molecular complexity index is 586. The van der Waals surface area contributed by atoms with E-state index in [1.165, 1.54) is 62.6 Å². The van der Waals surface area contributed by atoms with Crippen molar-refractivity contribution in [1.82, 2.24) is 9.97 Å². The topological polar surface area (TPSA) is 89.8 Å². The number of fused-ring (bicyclic) bond motifs is 2. The third kappa shape index (κ3) is 2.99. The van der Waals surface area contributed by atoms with Crippen molar-refractivity contribution in [3.63, 3.8) is 0 Å². The van der Waals surface area contributed by atoms with Gasteiger partial charge in [0.25, 0.3) is 0 Å². The van der Waals surface area contributed by atoms with Crippen LogP contribution in [0.5, 0.6) is 0 Å². The first-order valence-corrected chi connectivity index (χ1v) is 9.83. The molecule has 0 aromatic carbocycles. The highest BCUT2D eigenvalue weighted by molar-refractivity contribution is 5.53. The molecule has 1 heterocycles. The van der Waals surface area contributed by atoms with Gasteiger partial charge in [0, 0.05) is 23.6 Å². The van der Waals surface area contributed by atoms with E-state index in [-0.39, 0.29) is 0 Å². The minimum Gasteiger partial charge on any atom is -0.369 e. The van der Waals surface area contributed by atoms with Crippen LogP contribution >= 0.6 is 0 Å². The Morgan fingerprint density at radius 1 is 1.00 bits per heavy atom. The average Bonchev–Trinajstić information content (AvgIpc) is 3.04. The molecule has 2 fully saturated rings. The van der Waals surface area contributed by atoms with Crippen molar-refractivity contribution in [3.05, 3.63) is 11.3 Å². The van der Waals surface area contributed by atoms with Gasteiger partial charge in [-0.2, -0.15) is 4.98 Å². The van der Waals surface area contributed by atoms with Crippen LogP contribution in [0.2, 0.25) is 0 Å². The van der Waals surface area contributed by atoms with Crippen LogP contribution in [0.3, 0.4) is 0 Å². The van der Waals surface area contributed by atoms with Gasteiger partial charge in [-0.3, -0.25) is 0 Å². The first-order chi connectivity index (χ1) is 11.7. The summed E-state index contributed by atoms with van der Waals surface area (Å²) in [5, 5.41) is 3.63. The lowest BCUT2D eigenvalue weighted by molar-refractivity contribution is 0.338. The van der Waals surface area contributed by atoms with Crippen LogP contribution < -0.4 is 16.8 Å². The summed E-state index contributed by atoms with van der Waals surface area (Å²) in [6.07, 6.45) is 13.6. The third-order valence-electron chi connectivity index (χ3n) is 6.62. The predicted molar refractivity (Wildman–Crippen MR) is 98.0 cm³/mol. The van der Waals surface area contributed by atoms with Gasteiger partial charge in [0.15, 0.2) is 0 Å². The van der Waals surface area contributed by atoms with E-state index in [0.29, 0.717) is 23.3 Å². The van der Waals surface area contributed by atoms with E-state index in [1.54, 1.807) is 0 Å². The largest absolute Gasteiger partial charge is 0.369 e. The van der Waals surface area contributed by atoms with Crippen LogP contribution in [-0.4, -0.2) is 22.6 Å². The van der Waals surface area contributed by atoms with Gasteiger partial charge in [0.2, 0.25) is 5.95 Å². The van der Waals surface area contributed by atoms with Crippen LogP contribution in [0.4, 0.5) is 11.8 Å². The van der Waals surface area contributed by atoms with E-state index in [1.807, 2.05) is 0 Å². The van der Waals surface area contributed by atoms with Crippen LogP contribution in [0, 0.1) is 5.92 Å². The van der Waals surface area contributed by atoms with Gasteiger partial charge >= 0.3 is 0 Å². The van der Waals surface area contributed by atoms with Crippen molar-refractivity contribution in [2.75, 3.05) is 17.6 Å². The predicted octanol–water partition coefficient (Wildman–Crippen LogP) is 3.14. The summed E-state index contributed by atoms with van der Waals surface area (Å²) in [6.45, 7) is 0.989. The molecule has 0 radical (unpaired) electrons. The monoisotopic (exact) mass is 329 g/mol. The zero-order valence-electron chi connectivity index (χ0n) is 14.7. The maximum atomic E-state index is 6.08. The van der Waals surface area contributed by atoms with Crippen molar-refractivity contribution in [2.45, 2.75) is 82.1 Å². The molecule has 5 heteroatoms. The lowest BCUT2D eigenvalue weighted by Gasteiger charge is -2.35. The summed E-state index contributed by atoms with van der Waals surface area (Å²) < 4.78 is 0. The molecule has 5 nitrogen and oxygen atoms in total. The zero-order valence-corrected chi connectivity index (χ0v) is 14.7. The van der Waals surface area contributed by atoms with Crippen molar-refractivity contribution < 1.29 is 0 Å². The SMILES string of the molecule is Nc1nc(NC[C@H]2CC[C@H](N)CC2)c2c(n1)C1(CCCC1)CCC2. The number of nitrogens with two attached hydrogens (primary N) is 2. The molecular weight excluding hydrogens is 298 g/mol. The summed E-state index contributed by atoms with van der Waals surface area (Å²) in [5.41, 5.74) is 15.0. The molecule has 3 aliphatic rings. The highest BCUT2D eigenvalue weighted by atomic mass is 15.1.